The molecule has 2 rings (SSSR count). The first-order valence-corrected chi connectivity index (χ1v) is 8.21. The van der Waals surface area contributed by atoms with E-state index in [9.17, 15) is 4.79 Å². The van der Waals surface area contributed by atoms with Gasteiger partial charge in [-0.3, -0.25) is 4.79 Å². The molecule has 6 heteroatoms. The summed E-state index contributed by atoms with van der Waals surface area (Å²) < 4.78 is 0. The standard InChI is InChI=1S/C14H24N4OS/c1-3-8-17(2)13(19)11-12(15)16-14(20-11)18-9-6-4-5-7-10-18/h3-10,15H2,1-2H3. The van der Waals surface area contributed by atoms with Crippen molar-refractivity contribution < 1.29 is 4.79 Å². The van der Waals surface area contributed by atoms with Gasteiger partial charge in [0.25, 0.3) is 5.91 Å². The minimum Gasteiger partial charge on any atom is -0.382 e. The van der Waals surface area contributed by atoms with E-state index in [4.69, 9.17) is 5.73 Å². The van der Waals surface area contributed by atoms with Gasteiger partial charge < -0.3 is 15.5 Å². The Balaban J connectivity index is 2.14. The van der Waals surface area contributed by atoms with E-state index in [0.29, 0.717) is 10.7 Å². The van der Waals surface area contributed by atoms with E-state index in [-0.39, 0.29) is 5.91 Å². The summed E-state index contributed by atoms with van der Waals surface area (Å²) in [4.78, 5) is 21.3. The van der Waals surface area contributed by atoms with E-state index in [2.05, 4.69) is 16.8 Å². The van der Waals surface area contributed by atoms with Crippen LogP contribution >= 0.6 is 11.3 Å². The molecule has 1 aliphatic heterocycles. The van der Waals surface area contributed by atoms with Crippen molar-refractivity contribution >= 4 is 28.2 Å². The Morgan fingerprint density at radius 2 is 2.00 bits per heavy atom. The lowest BCUT2D eigenvalue weighted by Gasteiger charge is -2.18. The van der Waals surface area contributed by atoms with Crippen LogP contribution in [0.4, 0.5) is 10.9 Å². The summed E-state index contributed by atoms with van der Waals surface area (Å²) in [7, 11) is 1.82. The molecule has 112 valence electrons. The topological polar surface area (TPSA) is 62.5 Å². The van der Waals surface area contributed by atoms with Crippen LogP contribution in [0.15, 0.2) is 0 Å². The predicted molar refractivity (Wildman–Crippen MR) is 84.5 cm³/mol. The Hall–Kier alpha value is -1.30. The fourth-order valence-corrected chi connectivity index (χ4v) is 3.51. The van der Waals surface area contributed by atoms with E-state index in [1.807, 2.05) is 7.05 Å². The second kappa shape index (κ2) is 6.92. The molecule has 0 bridgehead atoms. The molecule has 1 aliphatic rings. The third-order valence-electron chi connectivity index (χ3n) is 3.62. The minimum absolute atomic E-state index is 0.0112. The molecule has 0 saturated carbocycles. The van der Waals surface area contributed by atoms with Gasteiger partial charge in [0.1, 0.15) is 10.7 Å². The number of nitrogens with two attached hydrogens (primary N) is 1. The summed E-state index contributed by atoms with van der Waals surface area (Å²) in [6, 6.07) is 0. The van der Waals surface area contributed by atoms with Crippen molar-refractivity contribution in [2.75, 3.05) is 37.3 Å². The number of anilines is 2. The molecule has 0 aliphatic carbocycles. The summed E-state index contributed by atoms with van der Waals surface area (Å²) in [6.07, 6.45) is 5.89. The number of hydrogen-bond acceptors (Lipinski definition) is 5. The first-order valence-electron chi connectivity index (χ1n) is 7.40. The van der Waals surface area contributed by atoms with Crippen molar-refractivity contribution in [1.29, 1.82) is 0 Å². The molecule has 1 aromatic rings. The van der Waals surface area contributed by atoms with Crippen LogP contribution in [0.25, 0.3) is 0 Å². The summed E-state index contributed by atoms with van der Waals surface area (Å²) in [5.41, 5.74) is 5.95. The molecule has 20 heavy (non-hydrogen) atoms. The number of aromatic nitrogens is 1. The summed E-state index contributed by atoms with van der Waals surface area (Å²) in [6.45, 7) is 4.84. The Bertz CT molecular complexity index is 452. The third-order valence-corrected chi connectivity index (χ3v) is 4.74. The van der Waals surface area contributed by atoms with Gasteiger partial charge in [-0.15, -0.1) is 0 Å². The molecule has 1 amide bonds. The lowest BCUT2D eigenvalue weighted by atomic mass is 10.2. The molecular weight excluding hydrogens is 272 g/mol. The van der Waals surface area contributed by atoms with Crippen LogP contribution in [0.3, 0.4) is 0 Å². The number of carbonyl (C=O) groups excluding carboxylic acids is 1. The van der Waals surface area contributed by atoms with Crippen LogP contribution < -0.4 is 10.6 Å². The Kier molecular flexibility index (Phi) is 5.23. The van der Waals surface area contributed by atoms with Gasteiger partial charge in [0, 0.05) is 26.7 Å². The lowest BCUT2D eigenvalue weighted by Crippen LogP contribution is -2.27. The SMILES string of the molecule is CCCN(C)C(=O)c1sc(N2CCCCCC2)nc1N. The van der Waals surface area contributed by atoms with Crippen molar-refractivity contribution in [3.05, 3.63) is 4.88 Å². The van der Waals surface area contributed by atoms with Gasteiger partial charge in [-0.05, 0) is 19.3 Å². The van der Waals surface area contributed by atoms with Crippen LogP contribution in [0.1, 0.15) is 48.7 Å². The monoisotopic (exact) mass is 296 g/mol. The number of carbonyl (C=O) groups is 1. The average Bonchev–Trinajstić information content (AvgIpc) is 2.66. The molecule has 0 radical (unpaired) electrons. The van der Waals surface area contributed by atoms with Crippen molar-refractivity contribution in [2.45, 2.75) is 39.0 Å². The second-order valence-corrected chi connectivity index (χ2v) is 6.32. The number of amides is 1. The quantitative estimate of drug-likeness (QED) is 0.927. The van der Waals surface area contributed by atoms with Crippen molar-refractivity contribution in [2.24, 2.45) is 0 Å². The molecule has 1 fully saturated rings. The second-order valence-electron chi connectivity index (χ2n) is 5.34. The van der Waals surface area contributed by atoms with E-state index < -0.39 is 0 Å². The maximum Gasteiger partial charge on any atom is 0.267 e. The minimum atomic E-state index is -0.0112. The molecule has 0 unspecified atom stereocenters. The molecule has 5 nitrogen and oxygen atoms in total. The highest BCUT2D eigenvalue weighted by Crippen LogP contribution is 2.30. The lowest BCUT2D eigenvalue weighted by molar-refractivity contribution is 0.0800. The highest BCUT2D eigenvalue weighted by Gasteiger charge is 2.22. The fourth-order valence-electron chi connectivity index (χ4n) is 2.48. The van der Waals surface area contributed by atoms with E-state index in [1.165, 1.54) is 37.0 Å². The highest BCUT2D eigenvalue weighted by atomic mass is 32.1. The first kappa shape index (κ1) is 15.1. The average molecular weight is 296 g/mol. The first-order chi connectivity index (χ1) is 9.63. The van der Waals surface area contributed by atoms with Crippen molar-refractivity contribution in [1.82, 2.24) is 9.88 Å². The Morgan fingerprint density at radius 1 is 1.35 bits per heavy atom. The number of hydrogen-bond donors (Lipinski definition) is 1. The largest absolute Gasteiger partial charge is 0.382 e. The zero-order chi connectivity index (χ0) is 14.5. The van der Waals surface area contributed by atoms with Crippen LogP contribution in [-0.2, 0) is 0 Å². The number of thiazole rings is 1. The van der Waals surface area contributed by atoms with Crippen LogP contribution in [0.2, 0.25) is 0 Å². The zero-order valence-electron chi connectivity index (χ0n) is 12.4. The normalized spacial score (nSPS) is 16.0. The van der Waals surface area contributed by atoms with Gasteiger partial charge in [0.05, 0.1) is 0 Å². The highest BCUT2D eigenvalue weighted by molar-refractivity contribution is 7.18. The maximum atomic E-state index is 12.3. The number of nitrogen functional groups attached to an aromatic ring is 1. The van der Waals surface area contributed by atoms with E-state index in [0.717, 1.165) is 31.2 Å². The molecule has 0 atom stereocenters. The Morgan fingerprint density at radius 3 is 2.60 bits per heavy atom. The van der Waals surface area contributed by atoms with Crippen molar-refractivity contribution in [3.8, 4) is 0 Å². The van der Waals surface area contributed by atoms with E-state index >= 15 is 0 Å². The molecule has 0 spiro atoms. The van der Waals surface area contributed by atoms with Gasteiger partial charge in [0.2, 0.25) is 0 Å². The predicted octanol–water partition coefficient (Wildman–Crippen LogP) is 2.59. The smallest absolute Gasteiger partial charge is 0.267 e. The van der Waals surface area contributed by atoms with Gasteiger partial charge in [-0.25, -0.2) is 4.98 Å². The van der Waals surface area contributed by atoms with Gasteiger partial charge in [0.15, 0.2) is 5.13 Å². The van der Waals surface area contributed by atoms with Gasteiger partial charge >= 0.3 is 0 Å². The zero-order valence-corrected chi connectivity index (χ0v) is 13.2. The van der Waals surface area contributed by atoms with E-state index in [1.54, 1.807) is 4.90 Å². The van der Waals surface area contributed by atoms with Crippen LogP contribution in [0.5, 0.6) is 0 Å². The fraction of sp³-hybridized carbons (Fsp3) is 0.714. The number of rotatable bonds is 4. The number of nitrogens with zero attached hydrogens (tertiary/aromatic N) is 3. The third kappa shape index (κ3) is 3.42. The molecule has 1 saturated heterocycles. The maximum absolute atomic E-state index is 12.3. The molecule has 1 aromatic heterocycles. The summed E-state index contributed by atoms with van der Waals surface area (Å²) in [5, 5.41) is 0.901. The molecule has 2 N–H and O–H groups in total. The molecule has 0 aromatic carbocycles. The Labute approximate surface area is 124 Å². The van der Waals surface area contributed by atoms with Crippen LogP contribution in [-0.4, -0.2) is 42.5 Å². The molecule has 2 heterocycles. The van der Waals surface area contributed by atoms with Gasteiger partial charge in [-0.2, -0.15) is 0 Å². The van der Waals surface area contributed by atoms with Crippen molar-refractivity contribution in [3.63, 3.8) is 0 Å². The van der Waals surface area contributed by atoms with Crippen LogP contribution in [0, 0.1) is 0 Å². The van der Waals surface area contributed by atoms with Gasteiger partial charge in [-0.1, -0.05) is 31.1 Å². The summed E-state index contributed by atoms with van der Waals surface area (Å²) >= 11 is 1.44. The molecular formula is C14H24N4OS. The summed E-state index contributed by atoms with van der Waals surface area (Å²) in [5.74, 6) is 0.366.